The lowest BCUT2D eigenvalue weighted by Crippen LogP contribution is -2.13. The van der Waals surface area contributed by atoms with Gasteiger partial charge >= 0.3 is 5.97 Å². The number of rotatable bonds is 4. The lowest BCUT2D eigenvalue weighted by molar-refractivity contribution is 0.0589. The maximum atomic E-state index is 11.8. The quantitative estimate of drug-likeness (QED) is 0.807. The Morgan fingerprint density at radius 2 is 2.05 bits per heavy atom. The number of hydrogen-bond donors (Lipinski definition) is 0. The first-order valence-corrected chi connectivity index (χ1v) is 7.96. The highest BCUT2D eigenvalue weighted by atomic mass is 16.5. The Balaban J connectivity index is 1.86. The summed E-state index contributed by atoms with van der Waals surface area (Å²) in [6.45, 7) is 0.664. The zero-order valence-electron chi connectivity index (χ0n) is 13.0. The van der Waals surface area contributed by atoms with Gasteiger partial charge in [-0.25, -0.2) is 9.78 Å². The van der Waals surface area contributed by atoms with Crippen LogP contribution in [-0.4, -0.2) is 22.6 Å². The first kappa shape index (κ1) is 14.8. The smallest absolute Gasteiger partial charge is 0.356 e. The summed E-state index contributed by atoms with van der Waals surface area (Å²) in [6, 6.07) is 8.57. The summed E-state index contributed by atoms with van der Waals surface area (Å²) in [4.78, 5) is 15.9. The van der Waals surface area contributed by atoms with Crippen LogP contribution < -0.4 is 0 Å². The SMILES string of the molecule is COC(=O)c1cncn1Cc1ccccc1C1CCCCC1. The summed E-state index contributed by atoms with van der Waals surface area (Å²) in [6.07, 6.45) is 9.79. The number of esters is 1. The van der Waals surface area contributed by atoms with Gasteiger partial charge in [0.15, 0.2) is 0 Å². The van der Waals surface area contributed by atoms with E-state index in [2.05, 4.69) is 29.2 Å². The molecule has 0 unspecified atom stereocenters. The van der Waals surface area contributed by atoms with E-state index in [-0.39, 0.29) is 5.97 Å². The van der Waals surface area contributed by atoms with Crippen LogP contribution >= 0.6 is 0 Å². The fourth-order valence-corrected chi connectivity index (χ4v) is 3.39. The molecule has 0 atom stereocenters. The number of imidazole rings is 1. The van der Waals surface area contributed by atoms with Crippen molar-refractivity contribution in [2.75, 3.05) is 7.11 Å². The molecule has 3 rings (SSSR count). The molecule has 1 aromatic carbocycles. The molecular weight excluding hydrogens is 276 g/mol. The molecule has 2 aromatic rings. The van der Waals surface area contributed by atoms with Gasteiger partial charge in [0.25, 0.3) is 0 Å². The summed E-state index contributed by atoms with van der Waals surface area (Å²) in [5, 5.41) is 0. The highest BCUT2D eigenvalue weighted by Crippen LogP contribution is 2.34. The van der Waals surface area contributed by atoms with Gasteiger partial charge in [0.1, 0.15) is 5.69 Å². The Morgan fingerprint density at radius 1 is 1.27 bits per heavy atom. The van der Waals surface area contributed by atoms with E-state index >= 15 is 0 Å². The second kappa shape index (κ2) is 6.77. The van der Waals surface area contributed by atoms with Crippen LogP contribution in [0.25, 0.3) is 0 Å². The Kier molecular flexibility index (Phi) is 4.56. The van der Waals surface area contributed by atoms with Crippen LogP contribution in [0.1, 0.15) is 59.6 Å². The van der Waals surface area contributed by atoms with E-state index in [1.165, 1.54) is 50.3 Å². The molecule has 0 bridgehead atoms. The zero-order valence-corrected chi connectivity index (χ0v) is 13.0. The molecule has 116 valence electrons. The van der Waals surface area contributed by atoms with Gasteiger partial charge in [-0.15, -0.1) is 0 Å². The Labute approximate surface area is 131 Å². The molecule has 0 saturated heterocycles. The molecule has 4 heteroatoms. The summed E-state index contributed by atoms with van der Waals surface area (Å²) in [5.74, 6) is 0.308. The standard InChI is InChI=1S/C18H22N2O2/c1-22-18(21)17-11-19-13-20(17)12-15-9-5-6-10-16(15)14-7-3-2-4-8-14/h5-6,9-11,13-14H,2-4,7-8,12H2,1H3. The van der Waals surface area contributed by atoms with Crippen molar-refractivity contribution in [1.82, 2.24) is 9.55 Å². The number of hydrogen-bond acceptors (Lipinski definition) is 3. The second-order valence-electron chi connectivity index (χ2n) is 5.93. The van der Waals surface area contributed by atoms with E-state index in [1.54, 1.807) is 12.5 Å². The summed E-state index contributed by atoms with van der Waals surface area (Å²) >= 11 is 0. The highest BCUT2D eigenvalue weighted by molar-refractivity contribution is 5.87. The van der Waals surface area contributed by atoms with E-state index in [9.17, 15) is 4.79 Å². The van der Waals surface area contributed by atoms with Gasteiger partial charge in [0.05, 0.1) is 19.6 Å². The van der Waals surface area contributed by atoms with E-state index in [4.69, 9.17) is 4.74 Å². The minimum atomic E-state index is -0.340. The first-order chi connectivity index (χ1) is 10.8. The molecular formula is C18H22N2O2. The van der Waals surface area contributed by atoms with Crippen molar-refractivity contribution in [3.05, 3.63) is 53.6 Å². The Morgan fingerprint density at radius 3 is 2.82 bits per heavy atom. The molecule has 4 nitrogen and oxygen atoms in total. The number of carbonyl (C=O) groups is 1. The number of benzene rings is 1. The average molecular weight is 298 g/mol. The van der Waals surface area contributed by atoms with Crippen LogP contribution in [0, 0.1) is 0 Å². The largest absolute Gasteiger partial charge is 0.464 e. The number of nitrogens with zero attached hydrogens (tertiary/aromatic N) is 2. The fourth-order valence-electron chi connectivity index (χ4n) is 3.39. The van der Waals surface area contributed by atoms with Crippen molar-refractivity contribution in [2.45, 2.75) is 44.6 Å². The highest BCUT2D eigenvalue weighted by Gasteiger charge is 2.19. The second-order valence-corrected chi connectivity index (χ2v) is 5.93. The van der Waals surface area contributed by atoms with Gasteiger partial charge in [-0.3, -0.25) is 0 Å². The number of aromatic nitrogens is 2. The van der Waals surface area contributed by atoms with E-state index in [1.807, 2.05) is 4.57 Å². The van der Waals surface area contributed by atoms with E-state index in [0.29, 0.717) is 18.2 Å². The molecule has 0 amide bonds. The number of methoxy groups -OCH3 is 1. The van der Waals surface area contributed by atoms with Crippen LogP contribution in [-0.2, 0) is 11.3 Å². The molecule has 0 radical (unpaired) electrons. The van der Waals surface area contributed by atoms with Gasteiger partial charge in [0, 0.05) is 6.54 Å². The van der Waals surface area contributed by atoms with Crippen LogP contribution in [0.2, 0.25) is 0 Å². The van der Waals surface area contributed by atoms with Crippen LogP contribution in [0.5, 0.6) is 0 Å². The van der Waals surface area contributed by atoms with Gasteiger partial charge in [0.2, 0.25) is 0 Å². The Bertz CT molecular complexity index is 642. The zero-order chi connectivity index (χ0) is 15.4. The Hall–Kier alpha value is -2.10. The predicted octanol–water partition coefficient (Wildman–Crippen LogP) is 3.77. The van der Waals surface area contributed by atoms with Crippen LogP contribution in [0.15, 0.2) is 36.8 Å². The molecule has 22 heavy (non-hydrogen) atoms. The molecule has 1 fully saturated rings. The lowest BCUT2D eigenvalue weighted by Gasteiger charge is -2.24. The van der Waals surface area contributed by atoms with E-state index in [0.717, 1.165) is 0 Å². The fraction of sp³-hybridized carbons (Fsp3) is 0.444. The minimum Gasteiger partial charge on any atom is -0.464 e. The maximum absolute atomic E-state index is 11.8. The van der Waals surface area contributed by atoms with Crippen molar-refractivity contribution in [3.8, 4) is 0 Å². The molecule has 0 aliphatic heterocycles. The normalized spacial score (nSPS) is 15.7. The molecule has 1 aromatic heterocycles. The maximum Gasteiger partial charge on any atom is 0.356 e. The third kappa shape index (κ3) is 3.06. The van der Waals surface area contributed by atoms with E-state index < -0.39 is 0 Å². The van der Waals surface area contributed by atoms with Crippen LogP contribution in [0.4, 0.5) is 0 Å². The first-order valence-electron chi connectivity index (χ1n) is 7.96. The summed E-state index contributed by atoms with van der Waals surface area (Å²) < 4.78 is 6.69. The summed E-state index contributed by atoms with van der Waals surface area (Å²) in [7, 11) is 1.40. The molecule has 1 aliphatic rings. The van der Waals surface area contributed by atoms with Crippen molar-refractivity contribution in [1.29, 1.82) is 0 Å². The van der Waals surface area contributed by atoms with Gasteiger partial charge in [-0.2, -0.15) is 0 Å². The van der Waals surface area contributed by atoms with Crippen LogP contribution in [0.3, 0.4) is 0 Å². The van der Waals surface area contributed by atoms with Crippen molar-refractivity contribution >= 4 is 5.97 Å². The minimum absolute atomic E-state index is 0.340. The van der Waals surface area contributed by atoms with Gasteiger partial charge < -0.3 is 9.30 Å². The third-order valence-corrected chi connectivity index (χ3v) is 4.55. The molecule has 1 heterocycles. The van der Waals surface area contributed by atoms with Gasteiger partial charge in [-0.1, -0.05) is 43.5 Å². The van der Waals surface area contributed by atoms with Crippen molar-refractivity contribution in [3.63, 3.8) is 0 Å². The number of carbonyl (C=O) groups excluding carboxylic acids is 1. The van der Waals surface area contributed by atoms with Crippen molar-refractivity contribution in [2.24, 2.45) is 0 Å². The lowest BCUT2D eigenvalue weighted by atomic mass is 9.82. The molecule has 0 spiro atoms. The molecule has 0 N–H and O–H groups in total. The average Bonchev–Trinajstić information content (AvgIpc) is 3.03. The van der Waals surface area contributed by atoms with Crippen molar-refractivity contribution < 1.29 is 9.53 Å². The van der Waals surface area contributed by atoms with Gasteiger partial charge in [-0.05, 0) is 29.9 Å². The third-order valence-electron chi connectivity index (χ3n) is 4.55. The predicted molar refractivity (Wildman–Crippen MR) is 84.9 cm³/mol. The topological polar surface area (TPSA) is 44.1 Å². The summed E-state index contributed by atoms with van der Waals surface area (Å²) in [5.41, 5.74) is 3.20. The number of ether oxygens (including phenoxy) is 1. The monoisotopic (exact) mass is 298 g/mol. The molecule has 1 aliphatic carbocycles. The molecule has 1 saturated carbocycles.